The van der Waals surface area contributed by atoms with Gasteiger partial charge < -0.3 is 41.9 Å². The van der Waals surface area contributed by atoms with Gasteiger partial charge in [-0.2, -0.15) is 5.11 Å². The zero-order valence-electron chi connectivity index (χ0n) is 29.3. The summed E-state index contributed by atoms with van der Waals surface area (Å²) in [4.78, 5) is 4.64. The number of hydrogen-bond donors (Lipinski definition) is 5. The second kappa shape index (κ2) is 19.8. The number of hydrogen-bond acceptors (Lipinski definition) is 13. The average Bonchev–Trinajstić information content (AvgIpc) is 3.67. The predicted molar refractivity (Wildman–Crippen MR) is 203 cm³/mol. The molecule has 0 radical (unpaired) electrons. The maximum Gasteiger partial charge on any atom is 0.163 e. The third-order valence-corrected chi connectivity index (χ3v) is 8.04. The van der Waals surface area contributed by atoms with Crippen LogP contribution in [0.3, 0.4) is 0 Å². The van der Waals surface area contributed by atoms with Crippen molar-refractivity contribution in [2.75, 3.05) is 52.6 Å². The van der Waals surface area contributed by atoms with Gasteiger partial charge in [0.15, 0.2) is 23.0 Å². The minimum atomic E-state index is -0.598. The molecule has 5 aromatic rings. The standard InChI is InChI=1S/C38H48N10O4/c39-13-1-17-49-35-11-9-31(23-37(35)51-19-3-15-41)44-25-33(45-43)28-7-5-27-6-8-29(22-30(27)21-28)34-26-48(47-46-34)32-10-12-36(50-18-2-14-40)38(24-32)52-20-4-16-42/h5-12,21-26,33,43H,1-4,13-20,39-42H2. The lowest BCUT2D eigenvalue weighted by Gasteiger charge is -2.14. The first kappa shape index (κ1) is 37.8. The Morgan fingerprint density at radius 1 is 0.654 bits per heavy atom. The number of nitrogens with one attached hydrogen (secondary N) is 1. The van der Waals surface area contributed by atoms with E-state index in [0.717, 1.165) is 46.8 Å². The summed E-state index contributed by atoms with van der Waals surface area (Å²) in [5.41, 5.74) is 34.4. The van der Waals surface area contributed by atoms with E-state index in [1.807, 2.05) is 72.9 Å². The molecule has 0 fully saturated rings. The molecule has 0 saturated heterocycles. The highest BCUT2D eigenvalue weighted by Gasteiger charge is 2.14. The molecule has 1 unspecified atom stereocenters. The Bertz CT molecular complexity index is 1910. The molecule has 5 rings (SSSR count). The molecule has 0 aliphatic carbocycles. The summed E-state index contributed by atoms with van der Waals surface area (Å²) in [6.07, 6.45) is 6.43. The SMILES string of the molecule is N=NC(C=Nc1ccc(OCCCN)c(OCCCN)c1)c1ccc2ccc(-c3cn(-c4ccc(OCCCN)c(OCCCN)c4)nn3)cc2c1. The van der Waals surface area contributed by atoms with Crippen LogP contribution >= 0.6 is 0 Å². The molecule has 1 aromatic heterocycles. The van der Waals surface area contributed by atoms with Gasteiger partial charge in [-0.1, -0.05) is 29.5 Å². The molecule has 274 valence electrons. The summed E-state index contributed by atoms with van der Waals surface area (Å²) in [5.74, 6) is 2.45. The zero-order chi connectivity index (χ0) is 36.5. The first-order chi connectivity index (χ1) is 25.6. The molecule has 4 aromatic carbocycles. The molecule has 52 heavy (non-hydrogen) atoms. The van der Waals surface area contributed by atoms with Crippen molar-refractivity contribution < 1.29 is 18.9 Å². The van der Waals surface area contributed by atoms with Gasteiger partial charge in [-0.25, -0.2) is 10.2 Å². The van der Waals surface area contributed by atoms with Crippen LogP contribution in [-0.4, -0.2) is 73.8 Å². The van der Waals surface area contributed by atoms with Crippen LogP contribution < -0.4 is 41.9 Å². The second-order valence-corrected chi connectivity index (χ2v) is 11.9. The van der Waals surface area contributed by atoms with Crippen LogP contribution in [0.1, 0.15) is 37.3 Å². The molecule has 0 amide bonds. The van der Waals surface area contributed by atoms with Crippen LogP contribution in [0.2, 0.25) is 0 Å². The smallest absolute Gasteiger partial charge is 0.163 e. The molecule has 9 N–H and O–H groups in total. The fourth-order valence-corrected chi connectivity index (χ4v) is 5.22. The van der Waals surface area contributed by atoms with Crippen molar-refractivity contribution >= 4 is 22.7 Å². The summed E-state index contributed by atoms with van der Waals surface area (Å²) >= 11 is 0. The summed E-state index contributed by atoms with van der Waals surface area (Å²) < 4.78 is 25.4. The Hall–Kier alpha value is -5.41. The quantitative estimate of drug-likeness (QED) is 0.0346. The molecule has 0 aliphatic rings. The number of rotatable bonds is 22. The van der Waals surface area contributed by atoms with E-state index in [9.17, 15) is 0 Å². The van der Waals surface area contributed by atoms with Gasteiger partial charge >= 0.3 is 0 Å². The number of nitrogens with zero attached hydrogens (tertiary/aromatic N) is 5. The van der Waals surface area contributed by atoms with E-state index in [1.165, 1.54) is 0 Å². The van der Waals surface area contributed by atoms with Gasteiger partial charge in [0.25, 0.3) is 0 Å². The van der Waals surface area contributed by atoms with Crippen LogP contribution in [0.4, 0.5) is 5.69 Å². The zero-order valence-corrected chi connectivity index (χ0v) is 29.3. The first-order valence-corrected chi connectivity index (χ1v) is 17.5. The maximum atomic E-state index is 7.95. The van der Waals surface area contributed by atoms with Gasteiger partial charge in [-0.15, -0.1) is 5.10 Å². The normalized spacial score (nSPS) is 11.9. The van der Waals surface area contributed by atoms with Crippen molar-refractivity contribution in [3.63, 3.8) is 0 Å². The van der Waals surface area contributed by atoms with Gasteiger partial charge in [-0.05, 0) is 105 Å². The largest absolute Gasteiger partial charge is 0.490 e. The lowest BCUT2D eigenvalue weighted by molar-refractivity contribution is 0.265. The second-order valence-electron chi connectivity index (χ2n) is 11.9. The fraction of sp³-hybridized carbons (Fsp3) is 0.342. The summed E-state index contributed by atoms with van der Waals surface area (Å²) in [6.45, 7) is 4.05. The van der Waals surface area contributed by atoms with Gasteiger partial charge in [0.05, 0.1) is 44.0 Å². The third-order valence-electron chi connectivity index (χ3n) is 8.04. The van der Waals surface area contributed by atoms with Crippen molar-refractivity contribution in [2.24, 2.45) is 33.0 Å². The van der Waals surface area contributed by atoms with Gasteiger partial charge in [0.1, 0.15) is 11.7 Å². The van der Waals surface area contributed by atoms with Crippen molar-refractivity contribution in [1.29, 1.82) is 5.53 Å². The Balaban J connectivity index is 1.34. The molecule has 1 heterocycles. The van der Waals surface area contributed by atoms with Crippen molar-refractivity contribution in [2.45, 2.75) is 31.7 Å². The topological polar surface area (TPSA) is 220 Å². The number of benzene rings is 4. The highest BCUT2D eigenvalue weighted by Crippen LogP contribution is 2.34. The number of fused-ring (bicyclic) bond motifs is 1. The summed E-state index contributed by atoms with van der Waals surface area (Å²) in [6, 6.07) is 22.6. The average molecular weight is 709 g/mol. The first-order valence-electron chi connectivity index (χ1n) is 17.5. The molecular formula is C38H48N10O4. The fourth-order valence-electron chi connectivity index (χ4n) is 5.22. The van der Waals surface area contributed by atoms with Crippen molar-refractivity contribution in [3.05, 3.63) is 84.6 Å². The maximum absolute atomic E-state index is 7.95. The van der Waals surface area contributed by atoms with Crippen molar-refractivity contribution in [1.82, 2.24) is 15.0 Å². The van der Waals surface area contributed by atoms with E-state index in [0.29, 0.717) is 93.4 Å². The Labute approximate surface area is 303 Å². The lowest BCUT2D eigenvalue weighted by Crippen LogP contribution is -2.09. The van der Waals surface area contributed by atoms with E-state index >= 15 is 0 Å². The van der Waals surface area contributed by atoms with E-state index in [1.54, 1.807) is 10.9 Å². The number of nitrogens with two attached hydrogens (primary N) is 4. The third kappa shape index (κ3) is 10.3. The van der Waals surface area contributed by atoms with Gasteiger partial charge in [0, 0.05) is 23.9 Å². The molecule has 0 saturated carbocycles. The van der Waals surface area contributed by atoms with Crippen LogP contribution in [0, 0.1) is 5.53 Å². The number of aliphatic imine (C=N–C) groups is 1. The highest BCUT2D eigenvalue weighted by atomic mass is 16.5. The van der Waals surface area contributed by atoms with Gasteiger partial charge in [-0.3, -0.25) is 4.99 Å². The summed E-state index contributed by atoms with van der Waals surface area (Å²) in [7, 11) is 0. The predicted octanol–water partition coefficient (Wildman–Crippen LogP) is 5.47. The van der Waals surface area contributed by atoms with E-state index in [4.69, 9.17) is 47.4 Å². The minimum Gasteiger partial charge on any atom is -0.490 e. The Morgan fingerprint density at radius 2 is 1.25 bits per heavy atom. The molecule has 0 bridgehead atoms. The number of aromatic nitrogens is 3. The van der Waals surface area contributed by atoms with E-state index < -0.39 is 6.04 Å². The number of ether oxygens (including phenoxy) is 4. The molecule has 1 atom stereocenters. The molecular weight excluding hydrogens is 660 g/mol. The highest BCUT2D eigenvalue weighted by molar-refractivity contribution is 5.88. The molecule has 14 heteroatoms. The van der Waals surface area contributed by atoms with Crippen molar-refractivity contribution in [3.8, 4) is 39.9 Å². The molecule has 0 spiro atoms. The lowest BCUT2D eigenvalue weighted by atomic mass is 10.0. The summed E-state index contributed by atoms with van der Waals surface area (Å²) in [5, 5.41) is 14.7. The molecule has 0 aliphatic heterocycles. The van der Waals surface area contributed by atoms with E-state index in [2.05, 4.69) is 26.5 Å². The van der Waals surface area contributed by atoms with Crippen LogP contribution in [0.15, 0.2) is 89.1 Å². The van der Waals surface area contributed by atoms with Crippen LogP contribution in [0.25, 0.3) is 27.7 Å². The minimum absolute atomic E-state index is 0.459. The van der Waals surface area contributed by atoms with Crippen LogP contribution in [0.5, 0.6) is 23.0 Å². The monoisotopic (exact) mass is 708 g/mol. The molecule has 14 nitrogen and oxygen atoms in total. The Kier molecular flexibility index (Phi) is 14.4. The van der Waals surface area contributed by atoms with Gasteiger partial charge in [0.2, 0.25) is 0 Å². The Morgan fingerprint density at radius 3 is 1.88 bits per heavy atom. The van der Waals surface area contributed by atoms with Crippen LogP contribution in [-0.2, 0) is 0 Å². The van der Waals surface area contributed by atoms with E-state index in [-0.39, 0.29) is 0 Å².